The maximum absolute atomic E-state index is 13.4. The third kappa shape index (κ3) is 11.7. The molecule has 0 saturated carbocycles. The molecule has 70 heavy (non-hydrogen) atoms. The van der Waals surface area contributed by atoms with Crippen molar-refractivity contribution in [3.8, 4) is 28.4 Å². The first-order valence-electron chi connectivity index (χ1n) is 25.2. The van der Waals surface area contributed by atoms with Gasteiger partial charge >= 0.3 is 0 Å². The highest BCUT2D eigenvalue weighted by molar-refractivity contribution is 6.09. The van der Waals surface area contributed by atoms with Crippen molar-refractivity contribution in [2.45, 2.75) is 105 Å². The number of hydrogen-bond donors (Lipinski definition) is 0. The first kappa shape index (κ1) is 49.1. The Labute approximate surface area is 417 Å². The van der Waals surface area contributed by atoms with Crippen molar-refractivity contribution in [1.29, 1.82) is 0 Å². The molecule has 0 N–H and O–H groups in total. The Bertz CT molecular complexity index is 2920. The molecule has 0 heterocycles. The van der Waals surface area contributed by atoms with Crippen molar-refractivity contribution >= 4 is 39.9 Å². The number of rotatable bonds is 20. The van der Waals surface area contributed by atoms with Crippen molar-refractivity contribution in [3.05, 3.63) is 222 Å². The predicted octanol–water partition coefficient (Wildman–Crippen LogP) is 18.5. The van der Waals surface area contributed by atoms with E-state index in [1.807, 2.05) is 48.5 Å². The van der Waals surface area contributed by atoms with E-state index in [0.717, 1.165) is 89.5 Å². The fraction of sp³-hybridized carbons (Fsp3) is 0.246. The lowest BCUT2D eigenvalue weighted by atomic mass is 9.80. The Morgan fingerprint density at radius 3 is 1.10 bits per heavy atom. The van der Waals surface area contributed by atoms with Gasteiger partial charge in [0, 0.05) is 45.3 Å². The van der Waals surface area contributed by atoms with E-state index in [2.05, 4.69) is 211 Å². The third-order valence-corrected chi connectivity index (χ3v) is 13.4. The minimum Gasteiger partial charge on any atom is -0.488 e. The molecule has 0 aromatic heterocycles. The fourth-order valence-corrected chi connectivity index (χ4v) is 9.38. The van der Waals surface area contributed by atoms with Gasteiger partial charge in [-0.15, -0.1) is 0 Å². The number of ether oxygens (including phenoxy) is 2. The zero-order valence-corrected chi connectivity index (χ0v) is 42.3. The molecule has 8 rings (SSSR count). The van der Waals surface area contributed by atoms with Crippen LogP contribution in [0.5, 0.6) is 17.2 Å². The monoisotopic (exact) mass is 925 g/mol. The highest BCUT2D eigenvalue weighted by atomic mass is 16.5. The van der Waals surface area contributed by atoms with Crippen LogP contribution in [0.25, 0.3) is 11.1 Å². The van der Waals surface area contributed by atoms with Crippen LogP contribution in [0.4, 0.5) is 34.1 Å². The van der Waals surface area contributed by atoms with E-state index < -0.39 is 0 Å². The molecule has 0 fully saturated rings. The van der Waals surface area contributed by atoms with Gasteiger partial charge in [-0.25, -0.2) is 0 Å². The van der Waals surface area contributed by atoms with Gasteiger partial charge in [0.1, 0.15) is 22.8 Å². The summed E-state index contributed by atoms with van der Waals surface area (Å²) in [7, 11) is 0. The predicted molar refractivity (Wildman–Crippen MR) is 294 cm³/mol. The maximum Gasteiger partial charge on any atom is 0.193 e. The lowest BCUT2D eigenvalue weighted by molar-refractivity contribution is 0.0985. The Morgan fingerprint density at radius 2 is 0.729 bits per heavy atom. The summed E-state index contributed by atoms with van der Waals surface area (Å²) in [5.74, 6) is 2.26. The largest absolute Gasteiger partial charge is 0.488 e. The molecule has 0 aliphatic carbocycles. The first-order chi connectivity index (χ1) is 33.9. The van der Waals surface area contributed by atoms with Gasteiger partial charge in [0.05, 0.1) is 0 Å². The summed E-state index contributed by atoms with van der Waals surface area (Å²) in [6.45, 7) is 17.6. The van der Waals surface area contributed by atoms with E-state index in [9.17, 15) is 4.79 Å². The van der Waals surface area contributed by atoms with Crippen LogP contribution in [-0.4, -0.2) is 11.4 Å². The lowest BCUT2D eigenvalue weighted by Crippen LogP contribution is -2.27. The second-order valence-electron chi connectivity index (χ2n) is 19.6. The second kappa shape index (κ2) is 21.9. The van der Waals surface area contributed by atoms with Crippen LogP contribution in [0.1, 0.15) is 114 Å². The minimum atomic E-state index is -0.221. The Kier molecular flexibility index (Phi) is 15.4. The van der Waals surface area contributed by atoms with Crippen LogP contribution in [0.3, 0.4) is 0 Å². The Balaban J connectivity index is 0.995. The fourth-order valence-electron chi connectivity index (χ4n) is 9.38. The normalized spacial score (nSPS) is 11.5. The lowest BCUT2D eigenvalue weighted by Gasteiger charge is -2.28. The molecular weight excluding hydrogens is 857 g/mol. The molecule has 0 aliphatic rings. The van der Waals surface area contributed by atoms with Crippen LogP contribution < -0.4 is 19.3 Å². The molecule has 0 atom stereocenters. The van der Waals surface area contributed by atoms with Crippen LogP contribution in [0.15, 0.2) is 194 Å². The molecule has 5 heteroatoms. The summed E-state index contributed by atoms with van der Waals surface area (Å²) >= 11 is 0. The second-order valence-corrected chi connectivity index (χ2v) is 19.6. The number of ketones is 1. The Morgan fingerprint density at radius 1 is 0.400 bits per heavy atom. The summed E-state index contributed by atoms with van der Waals surface area (Å²) < 4.78 is 12.7. The van der Waals surface area contributed by atoms with Crippen LogP contribution in [-0.2, 0) is 18.3 Å². The van der Waals surface area contributed by atoms with Gasteiger partial charge in [-0.1, -0.05) is 127 Å². The van der Waals surface area contributed by atoms with E-state index in [-0.39, 0.29) is 16.8 Å². The van der Waals surface area contributed by atoms with Crippen molar-refractivity contribution in [1.82, 2.24) is 0 Å². The number of nitrogens with zero attached hydrogens (tertiary/aromatic N) is 2. The topological polar surface area (TPSA) is 42.0 Å². The van der Waals surface area contributed by atoms with Gasteiger partial charge in [0.25, 0.3) is 0 Å². The van der Waals surface area contributed by atoms with E-state index in [1.165, 1.54) is 16.7 Å². The first-order valence-corrected chi connectivity index (χ1v) is 25.2. The molecule has 8 aromatic carbocycles. The minimum absolute atomic E-state index is 0.000302. The smallest absolute Gasteiger partial charge is 0.193 e. The van der Waals surface area contributed by atoms with Crippen molar-refractivity contribution in [3.63, 3.8) is 0 Å². The van der Waals surface area contributed by atoms with E-state index in [0.29, 0.717) is 22.6 Å². The molecule has 0 spiro atoms. The van der Waals surface area contributed by atoms with E-state index in [4.69, 9.17) is 9.47 Å². The Hall–Kier alpha value is -7.37. The van der Waals surface area contributed by atoms with Crippen LogP contribution in [0, 0.1) is 0 Å². The molecule has 0 bridgehead atoms. The van der Waals surface area contributed by atoms with E-state index in [1.54, 1.807) is 0 Å². The van der Waals surface area contributed by atoms with Gasteiger partial charge in [-0.2, -0.15) is 0 Å². The van der Waals surface area contributed by atoms with E-state index >= 15 is 0 Å². The average molecular weight is 925 g/mol. The number of hydrogen-bond acceptors (Lipinski definition) is 5. The zero-order valence-electron chi connectivity index (χ0n) is 42.3. The van der Waals surface area contributed by atoms with Gasteiger partial charge in [0.15, 0.2) is 5.78 Å². The summed E-state index contributed by atoms with van der Waals surface area (Å²) in [5.41, 5.74) is 13.7. The van der Waals surface area contributed by atoms with Crippen molar-refractivity contribution < 1.29 is 14.3 Å². The summed E-state index contributed by atoms with van der Waals surface area (Å²) in [4.78, 5) is 18.0. The summed E-state index contributed by atoms with van der Waals surface area (Å²) in [6.07, 6.45) is 6.25. The number of benzene rings is 8. The van der Waals surface area contributed by atoms with Gasteiger partial charge in [-0.05, 0) is 194 Å². The molecule has 5 nitrogen and oxygen atoms in total. The number of anilines is 6. The number of carbonyl (C=O) groups excluding carboxylic acids is 1. The molecule has 0 saturated heterocycles. The molecule has 0 unspecified atom stereocenters. The number of aryl methyl sites for hydroxylation is 2. The van der Waals surface area contributed by atoms with Crippen molar-refractivity contribution in [2.75, 3.05) is 9.80 Å². The van der Waals surface area contributed by atoms with Gasteiger partial charge in [-0.3, -0.25) is 4.79 Å². The highest BCUT2D eigenvalue weighted by Crippen LogP contribution is 2.40. The van der Waals surface area contributed by atoms with Gasteiger partial charge in [0.2, 0.25) is 0 Å². The SMILES string of the molecule is CCCC(C)(C)Oc1ccc(N(c2ccc(CC)cc2)c2ccc(-c3ccc(N(c4ccc(CC)cc4)c4ccc(Oc5ccc(C(=O)c6ccc(C(C)(C)CCC)cc6)cc5)cc4)cc3)cc2)cc1. The summed E-state index contributed by atoms with van der Waals surface area (Å²) in [5, 5.41) is 0. The summed E-state index contributed by atoms with van der Waals surface area (Å²) in [6, 6.07) is 67.4. The standard InChI is InChI=1S/C65H68N2O3/c1-9-45-64(5,6)53-25-17-51(18-26-53)63(68)52-23-39-60(40-24-52)69-61-41-35-58(36-42-61)66(54-27-13-47(11-3)14-28-54)56-31-19-49(20-32-56)50-21-33-57(34-22-50)67(55-29-15-48(12-4)16-30-55)59-37-43-62(44-38-59)70-65(7,8)46-10-2/h13-44H,9-12,45-46H2,1-8H3. The molecule has 0 amide bonds. The van der Waals surface area contributed by atoms with Crippen LogP contribution in [0.2, 0.25) is 0 Å². The maximum atomic E-state index is 13.4. The highest BCUT2D eigenvalue weighted by Gasteiger charge is 2.22. The van der Waals surface area contributed by atoms with Gasteiger partial charge < -0.3 is 19.3 Å². The quantitative estimate of drug-likeness (QED) is 0.0713. The third-order valence-electron chi connectivity index (χ3n) is 13.4. The zero-order chi connectivity index (χ0) is 49.3. The molecule has 0 aliphatic heterocycles. The molecule has 0 radical (unpaired) electrons. The van der Waals surface area contributed by atoms with Crippen molar-refractivity contribution in [2.24, 2.45) is 0 Å². The molecule has 356 valence electrons. The number of carbonyl (C=O) groups is 1. The molecular formula is C65H68N2O3. The van der Waals surface area contributed by atoms with Crippen LogP contribution >= 0.6 is 0 Å². The molecule has 8 aromatic rings. The average Bonchev–Trinajstić information content (AvgIpc) is 3.38.